The zero-order chi connectivity index (χ0) is 18.3. The fraction of sp³-hybridized carbons (Fsp3) is 0.211. The van der Waals surface area contributed by atoms with Crippen molar-refractivity contribution in [1.82, 2.24) is 10.6 Å². The van der Waals surface area contributed by atoms with E-state index in [0.29, 0.717) is 5.56 Å². The number of carbonyl (C=O) groups excluding carboxylic acids is 1. The fourth-order valence-corrected chi connectivity index (χ4v) is 3.67. The molecule has 7 heteroatoms. The molecule has 0 unspecified atom stereocenters. The summed E-state index contributed by atoms with van der Waals surface area (Å²) < 4.78 is 5.07. The number of nitrogens with one attached hydrogen (secondary N) is 2. The monoisotopic (exact) mass is 351 g/mol. The topological polar surface area (TPSA) is 93.5 Å². The van der Waals surface area contributed by atoms with E-state index in [4.69, 9.17) is 4.74 Å². The normalized spacial score (nSPS) is 18.3. The Bertz CT molecular complexity index is 952. The number of methoxy groups -OCH3 is 1. The molecule has 0 radical (unpaired) electrons. The number of rotatable bonds is 3. The van der Waals surface area contributed by atoms with Crippen LogP contribution in [0.4, 0.5) is 10.5 Å². The Hall–Kier alpha value is -3.35. The summed E-state index contributed by atoms with van der Waals surface area (Å²) >= 11 is 0. The van der Waals surface area contributed by atoms with E-state index in [9.17, 15) is 14.9 Å². The lowest BCUT2D eigenvalue weighted by Crippen LogP contribution is -2.44. The van der Waals surface area contributed by atoms with Crippen LogP contribution in [-0.4, -0.2) is 18.1 Å². The molecule has 2 aromatic rings. The SMILES string of the molecule is COc1ccc([C@H]2NC(=O)NC3=C2CCc2ccccc23)cc1[N+](=O)[O-]. The molecule has 0 fully saturated rings. The molecule has 0 spiro atoms. The highest BCUT2D eigenvalue weighted by Gasteiger charge is 2.33. The molecular formula is C19H17N3O4. The van der Waals surface area contributed by atoms with Gasteiger partial charge in [0.05, 0.1) is 23.8 Å². The van der Waals surface area contributed by atoms with Gasteiger partial charge < -0.3 is 15.4 Å². The maximum absolute atomic E-state index is 12.2. The van der Waals surface area contributed by atoms with Crippen LogP contribution in [0, 0.1) is 10.1 Å². The summed E-state index contributed by atoms with van der Waals surface area (Å²) in [5, 5.41) is 17.1. The van der Waals surface area contributed by atoms with Crippen molar-refractivity contribution in [1.29, 1.82) is 0 Å². The number of nitro benzene ring substituents is 1. The van der Waals surface area contributed by atoms with E-state index in [1.807, 2.05) is 18.2 Å². The van der Waals surface area contributed by atoms with E-state index >= 15 is 0 Å². The van der Waals surface area contributed by atoms with Crippen molar-refractivity contribution in [3.8, 4) is 5.75 Å². The van der Waals surface area contributed by atoms with Gasteiger partial charge in [0.25, 0.3) is 0 Å². The fourth-order valence-electron chi connectivity index (χ4n) is 3.67. The van der Waals surface area contributed by atoms with Crippen LogP contribution in [0.5, 0.6) is 5.75 Å². The molecule has 26 heavy (non-hydrogen) atoms. The highest BCUT2D eigenvalue weighted by molar-refractivity contribution is 5.91. The molecule has 2 aliphatic rings. The van der Waals surface area contributed by atoms with E-state index in [1.54, 1.807) is 12.1 Å². The Kier molecular flexibility index (Phi) is 3.84. The molecule has 7 nitrogen and oxygen atoms in total. The molecule has 4 rings (SSSR count). The maximum Gasteiger partial charge on any atom is 0.319 e. The van der Waals surface area contributed by atoms with Gasteiger partial charge in [0, 0.05) is 11.6 Å². The molecule has 2 aromatic carbocycles. The molecule has 2 amide bonds. The Morgan fingerprint density at radius 2 is 2.00 bits per heavy atom. The number of benzene rings is 2. The van der Waals surface area contributed by atoms with Crippen LogP contribution >= 0.6 is 0 Å². The molecule has 0 saturated carbocycles. The quantitative estimate of drug-likeness (QED) is 0.655. The lowest BCUT2D eigenvalue weighted by atomic mass is 9.83. The minimum absolute atomic E-state index is 0.115. The second kappa shape index (κ2) is 6.18. The van der Waals surface area contributed by atoms with Gasteiger partial charge in [-0.1, -0.05) is 30.3 Å². The number of ether oxygens (including phenoxy) is 1. The first-order valence-electron chi connectivity index (χ1n) is 8.29. The van der Waals surface area contributed by atoms with E-state index in [0.717, 1.165) is 29.7 Å². The second-order valence-corrected chi connectivity index (χ2v) is 6.28. The highest BCUT2D eigenvalue weighted by atomic mass is 16.6. The van der Waals surface area contributed by atoms with Gasteiger partial charge in [0.15, 0.2) is 5.75 Å². The summed E-state index contributed by atoms with van der Waals surface area (Å²) in [7, 11) is 1.40. The van der Waals surface area contributed by atoms with Crippen LogP contribution < -0.4 is 15.4 Å². The summed E-state index contributed by atoms with van der Waals surface area (Å²) in [4.78, 5) is 23.1. The Labute approximate surface area is 149 Å². The van der Waals surface area contributed by atoms with Crippen molar-refractivity contribution >= 4 is 17.4 Å². The van der Waals surface area contributed by atoms with Crippen molar-refractivity contribution in [3.05, 3.63) is 74.8 Å². The van der Waals surface area contributed by atoms with Gasteiger partial charge in [-0.15, -0.1) is 0 Å². The third-order valence-electron chi connectivity index (χ3n) is 4.87. The number of aryl methyl sites for hydroxylation is 1. The third-order valence-corrected chi connectivity index (χ3v) is 4.87. The predicted octanol–water partition coefficient (Wildman–Crippen LogP) is 3.31. The predicted molar refractivity (Wildman–Crippen MR) is 95.7 cm³/mol. The number of amides is 2. The average molecular weight is 351 g/mol. The van der Waals surface area contributed by atoms with Crippen molar-refractivity contribution in [2.45, 2.75) is 18.9 Å². The molecule has 1 aliphatic carbocycles. The van der Waals surface area contributed by atoms with Crippen LogP contribution in [0.3, 0.4) is 0 Å². The first-order chi connectivity index (χ1) is 12.6. The average Bonchev–Trinajstić information content (AvgIpc) is 2.66. The summed E-state index contributed by atoms with van der Waals surface area (Å²) in [6.07, 6.45) is 1.63. The molecule has 132 valence electrons. The van der Waals surface area contributed by atoms with E-state index < -0.39 is 11.0 Å². The van der Waals surface area contributed by atoms with Gasteiger partial charge >= 0.3 is 11.7 Å². The zero-order valence-corrected chi connectivity index (χ0v) is 14.1. The van der Waals surface area contributed by atoms with Crippen molar-refractivity contribution in [3.63, 3.8) is 0 Å². The van der Waals surface area contributed by atoms with Gasteiger partial charge in [-0.2, -0.15) is 0 Å². The molecule has 1 atom stereocenters. The maximum atomic E-state index is 12.2. The third kappa shape index (κ3) is 2.57. The smallest absolute Gasteiger partial charge is 0.319 e. The van der Waals surface area contributed by atoms with E-state index in [-0.39, 0.29) is 17.5 Å². The van der Waals surface area contributed by atoms with Crippen molar-refractivity contribution < 1.29 is 14.5 Å². The lowest BCUT2D eigenvalue weighted by Gasteiger charge is -2.34. The Morgan fingerprint density at radius 3 is 2.77 bits per heavy atom. The van der Waals surface area contributed by atoms with Crippen LogP contribution in [0.1, 0.15) is 29.2 Å². The first kappa shape index (κ1) is 16.1. The number of carbonyl (C=O) groups is 1. The minimum atomic E-state index is -0.476. The van der Waals surface area contributed by atoms with Crippen LogP contribution in [0.25, 0.3) is 5.70 Å². The zero-order valence-electron chi connectivity index (χ0n) is 14.1. The molecule has 0 aromatic heterocycles. The van der Waals surface area contributed by atoms with Gasteiger partial charge in [-0.25, -0.2) is 4.79 Å². The van der Waals surface area contributed by atoms with Crippen LogP contribution in [0.2, 0.25) is 0 Å². The summed E-state index contributed by atoms with van der Waals surface area (Å²) in [5.41, 5.74) is 4.58. The van der Waals surface area contributed by atoms with Gasteiger partial charge in [-0.05, 0) is 35.6 Å². The van der Waals surface area contributed by atoms with Gasteiger partial charge in [-0.3, -0.25) is 10.1 Å². The summed E-state index contributed by atoms with van der Waals surface area (Å²) in [6, 6.07) is 12.0. The van der Waals surface area contributed by atoms with E-state index in [2.05, 4.69) is 16.7 Å². The number of nitrogens with zero attached hydrogens (tertiary/aromatic N) is 1. The number of hydrogen-bond donors (Lipinski definition) is 2. The largest absolute Gasteiger partial charge is 0.490 e. The number of urea groups is 1. The molecule has 0 bridgehead atoms. The van der Waals surface area contributed by atoms with Gasteiger partial charge in [0.2, 0.25) is 0 Å². The molecule has 1 aliphatic heterocycles. The highest BCUT2D eigenvalue weighted by Crippen LogP contribution is 2.40. The summed E-state index contributed by atoms with van der Waals surface area (Å²) in [6.45, 7) is 0. The standard InChI is InChI=1S/C19H17N3O4/c1-26-16-9-7-12(10-15(16)22(24)25)17-14-8-6-11-4-2-3-5-13(11)18(14)21-19(23)20-17/h2-5,7,9-10,17H,6,8H2,1H3,(H2,20,21,23)/t17-/m1/s1. The minimum Gasteiger partial charge on any atom is -0.490 e. The first-order valence-corrected chi connectivity index (χ1v) is 8.29. The summed E-state index contributed by atoms with van der Waals surface area (Å²) in [5.74, 6) is 0.196. The number of hydrogen-bond acceptors (Lipinski definition) is 4. The van der Waals surface area contributed by atoms with Crippen LogP contribution in [-0.2, 0) is 6.42 Å². The number of nitro groups is 1. The molecule has 1 heterocycles. The second-order valence-electron chi connectivity index (χ2n) is 6.28. The number of fused-ring (bicyclic) bond motifs is 2. The van der Waals surface area contributed by atoms with Gasteiger partial charge in [0.1, 0.15) is 0 Å². The molecule has 0 saturated heterocycles. The van der Waals surface area contributed by atoms with Crippen molar-refractivity contribution in [2.24, 2.45) is 0 Å². The van der Waals surface area contributed by atoms with E-state index in [1.165, 1.54) is 18.7 Å². The lowest BCUT2D eigenvalue weighted by molar-refractivity contribution is -0.385. The molecular weight excluding hydrogens is 334 g/mol. The molecule has 2 N–H and O–H groups in total. The van der Waals surface area contributed by atoms with Crippen LogP contribution in [0.15, 0.2) is 48.0 Å². The van der Waals surface area contributed by atoms with Crippen molar-refractivity contribution in [2.75, 3.05) is 7.11 Å². The Balaban J connectivity index is 1.83. The Morgan fingerprint density at radius 1 is 1.19 bits per heavy atom.